The van der Waals surface area contributed by atoms with Gasteiger partial charge in [-0.15, -0.1) is 0 Å². The highest BCUT2D eigenvalue weighted by Crippen LogP contribution is 2.34. The van der Waals surface area contributed by atoms with Crippen LogP contribution in [0.4, 0.5) is 36.3 Å². The Morgan fingerprint density at radius 3 is 2.39 bits per heavy atom. The van der Waals surface area contributed by atoms with Gasteiger partial charge in [-0.25, -0.2) is 4.98 Å². The van der Waals surface area contributed by atoms with Gasteiger partial charge >= 0.3 is 6.18 Å². The van der Waals surface area contributed by atoms with Crippen molar-refractivity contribution in [3.05, 3.63) is 70.9 Å². The number of nitrogens with one attached hydrogen (secondary N) is 2. The predicted molar refractivity (Wildman–Crippen MR) is 113 cm³/mol. The molecule has 0 amide bonds. The van der Waals surface area contributed by atoms with Gasteiger partial charge in [0, 0.05) is 17.8 Å². The molecule has 0 fully saturated rings. The number of aryl methyl sites for hydroxylation is 1. The number of benzene rings is 2. The molecule has 8 heteroatoms. The molecule has 1 aliphatic rings. The number of alkyl halides is 3. The Hall–Kier alpha value is -3.42. The lowest BCUT2D eigenvalue weighted by molar-refractivity contribution is -0.137. The summed E-state index contributed by atoms with van der Waals surface area (Å²) in [4.78, 5) is 21.6. The van der Waals surface area contributed by atoms with Crippen LogP contribution >= 0.6 is 0 Å². The van der Waals surface area contributed by atoms with E-state index in [2.05, 4.69) is 20.6 Å². The fourth-order valence-electron chi connectivity index (χ4n) is 3.68. The van der Waals surface area contributed by atoms with Crippen molar-refractivity contribution in [1.29, 1.82) is 0 Å². The Morgan fingerprint density at radius 2 is 1.68 bits per heavy atom. The fourth-order valence-corrected chi connectivity index (χ4v) is 3.68. The van der Waals surface area contributed by atoms with Gasteiger partial charge in [0.2, 0.25) is 5.95 Å². The summed E-state index contributed by atoms with van der Waals surface area (Å²) in [6.07, 6.45) is -3.46. The lowest BCUT2D eigenvalue weighted by atomic mass is 9.87. The van der Waals surface area contributed by atoms with Gasteiger partial charge in [0.25, 0.3) is 0 Å². The Labute approximate surface area is 177 Å². The minimum atomic E-state index is -4.45. The van der Waals surface area contributed by atoms with Crippen LogP contribution in [0, 0.1) is 12.8 Å². The normalized spacial score (nSPS) is 16.0. The average molecular weight is 426 g/mol. The Morgan fingerprint density at radius 1 is 0.968 bits per heavy atom. The third-order valence-electron chi connectivity index (χ3n) is 5.07. The van der Waals surface area contributed by atoms with E-state index < -0.39 is 11.7 Å². The zero-order valence-corrected chi connectivity index (χ0v) is 17.0. The number of hydrogen-bond donors (Lipinski definition) is 2. The topological polar surface area (TPSA) is 66.9 Å². The number of Topliss-reactive ketones (excluding diaryl/α,β-unsaturated/α-hetero) is 1. The van der Waals surface area contributed by atoms with Gasteiger partial charge in [-0.05, 0) is 55.2 Å². The van der Waals surface area contributed by atoms with E-state index in [1.165, 1.54) is 12.1 Å². The summed E-state index contributed by atoms with van der Waals surface area (Å²) >= 11 is 0. The molecule has 1 atom stereocenters. The quantitative estimate of drug-likeness (QED) is 0.531. The molecule has 3 aromatic rings. The number of carbonyl (C=O) groups is 1. The SMILES string of the molecule is Cc1cccc(Nc2nc(Nc3cccc(C(F)(F)F)c3)nc3c2C(=O)CC(C)C3)c1. The standard InChI is InChI=1S/C23H21F3N4O/c1-13-5-3-7-16(9-13)27-21-20-18(10-14(2)11-19(20)31)29-22(30-21)28-17-8-4-6-15(12-17)23(24,25)26/h3-9,12,14H,10-11H2,1-2H3,(H2,27,28,29,30). The number of carbonyl (C=O) groups excluding carboxylic acids is 1. The van der Waals surface area contributed by atoms with E-state index in [-0.39, 0.29) is 23.3 Å². The van der Waals surface area contributed by atoms with Gasteiger partial charge < -0.3 is 10.6 Å². The van der Waals surface area contributed by atoms with Crippen LogP contribution in [-0.2, 0) is 12.6 Å². The van der Waals surface area contributed by atoms with E-state index in [9.17, 15) is 18.0 Å². The zero-order valence-electron chi connectivity index (χ0n) is 17.0. The van der Waals surface area contributed by atoms with Crippen LogP contribution in [0.3, 0.4) is 0 Å². The molecule has 31 heavy (non-hydrogen) atoms. The summed E-state index contributed by atoms with van der Waals surface area (Å²) in [5.41, 5.74) is 2.27. The highest BCUT2D eigenvalue weighted by molar-refractivity contribution is 6.03. The first-order valence-corrected chi connectivity index (χ1v) is 9.91. The van der Waals surface area contributed by atoms with Crippen molar-refractivity contribution in [2.45, 2.75) is 32.9 Å². The van der Waals surface area contributed by atoms with Gasteiger partial charge in [0.05, 0.1) is 16.8 Å². The van der Waals surface area contributed by atoms with Gasteiger partial charge in [-0.1, -0.05) is 25.1 Å². The fraction of sp³-hybridized carbons (Fsp3) is 0.261. The van der Waals surface area contributed by atoms with Crippen LogP contribution in [-0.4, -0.2) is 15.8 Å². The summed E-state index contributed by atoms with van der Waals surface area (Å²) in [5, 5.41) is 6.05. The molecule has 0 radical (unpaired) electrons. The van der Waals surface area contributed by atoms with Crippen molar-refractivity contribution < 1.29 is 18.0 Å². The maximum Gasteiger partial charge on any atom is 0.416 e. The van der Waals surface area contributed by atoms with Crippen LogP contribution in [0.5, 0.6) is 0 Å². The molecular weight excluding hydrogens is 405 g/mol. The molecule has 0 saturated heterocycles. The molecule has 160 valence electrons. The molecule has 1 aliphatic carbocycles. The Kier molecular flexibility index (Phi) is 5.39. The third-order valence-corrected chi connectivity index (χ3v) is 5.07. The monoisotopic (exact) mass is 426 g/mol. The van der Waals surface area contributed by atoms with Crippen molar-refractivity contribution in [3.63, 3.8) is 0 Å². The van der Waals surface area contributed by atoms with E-state index in [0.29, 0.717) is 29.9 Å². The predicted octanol–water partition coefficient (Wildman–Crippen LogP) is 6.06. The number of halogens is 3. The number of rotatable bonds is 4. The number of fused-ring (bicyclic) bond motifs is 1. The van der Waals surface area contributed by atoms with Gasteiger partial charge in [0.1, 0.15) is 5.82 Å². The van der Waals surface area contributed by atoms with E-state index in [1.807, 2.05) is 38.1 Å². The lowest BCUT2D eigenvalue weighted by Gasteiger charge is -2.23. The maximum absolute atomic E-state index is 13.1. The second kappa shape index (κ2) is 8.02. The second-order valence-electron chi connectivity index (χ2n) is 7.85. The summed E-state index contributed by atoms with van der Waals surface area (Å²) in [5.74, 6) is 0.565. The molecule has 4 rings (SSSR count). The van der Waals surface area contributed by atoms with E-state index in [4.69, 9.17) is 0 Å². The van der Waals surface area contributed by atoms with E-state index in [1.54, 1.807) is 0 Å². The van der Waals surface area contributed by atoms with Gasteiger partial charge in [-0.2, -0.15) is 18.2 Å². The highest BCUT2D eigenvalue weighted by atomic mass is 19.4. The number of nitrogens with zero attached hydrogens (tertiary/aromatic N) is 2. The second-order valence-corrected chi connectivity index (χ2v) is 7.85. The first kappa shape index (κ1) is 20.8. The molecule has 2 N–H and O–H groups in total. The van der Waals surface area contributed by atoms with Crippen molar-refractivity contribution >= 4 is 28.9 Å². The van der Waals surface area contributed by atoms with Crippen LogP contribution in [0.25, 0.3) is 0 Å². The van der Waals surface area contributed by atoms with Gasteiger partial charge in [-0.3, -0.25) is 4.79 Å². The molecule has 5 nitrogen and oxygen atoms in total. The maximum atomic E-state index is 13.1. The largest absolute Gasteiger partial charge is 0.416 e. The van der Waals surface area contributed by atoms with Crippen LogP contribution in [0.2, 0.25) is 0 Å². The zero-order chi connectivity index (χ0) is 22.2. The van der Waals surface area contributed by atoms with E-state index in [0.717, 1.165) is 23.4 Å². The van der Waals surface area contributed by atoms with Crippen molar-refractivity contribution in [2.24, 2.45) is 5.92 Å². The number of ketones is 1. The van der Waals surface area contributed by atoms with Gasteiger partial charge in [0.15, 0.2) is 5.78 Å². The average Bonchev–Trinajstić information content (AvgIpc) is 2.67. The summed E-state index contributed by atoms with van der Waals surface area (Å²) < 4.78 is 39.2. The van der Waals surface area contributed by atoms with Crippen LogP contribution < -0.4 is 10.6 Å². The van der Waals surface area contributed by atoms with E-state index >= 15 is 0 Å². The molecular formula is C23H21F3N4O. The van der Waals surface area contributed by atoms with Crippen LogP contribution in [0.1, 0.15) is 40.5 Å². The molecule has 1 heterocycles. The van der Waals surface area contributed by atoms with Crippen molar-refractivity contribution in [1.82, 2.24) is 9.97 Å². The third kappa shape index (κ3) is 4.68. The number of aromatic nitrogens is 2. The van der Waals surface area contributed by atoms with Crippen molar-refractivity contribution in [3.8, 4) is 0 Å². The summed E-state index contributed by atoms with van der Waals surface area (Å²) in [6.45, 7) is 3.92. The molecule has 0 aliphatic heterocycles. The molecule has 0 saturated carbocycles. The Balaban J connectivity index is 1.74. The first-order chi connectivity index (χ1) is 14.7. The van der Waals surface area contributed by atoms with Crippen LogP contribution in [0.15, 0.2) is 48.5 Å². The Bertz CT molecular complexity index is 1140. The smallest absolute Gasteiger partial charge is 0.339 e. The molecule has 1 aromatic heterocycles. The first-order valence-electron chi connectivity index (χ1n) is 9.91. The number of hydrogen-bond acceptors (Lipinski definition) is 5. The minimum absolute atomic E-state index is 0.0467. The minimum Gasteiger partial charge on any atom is -0.339 e. The summed E-state index contributed by atoms with van der Waals surface area (Å²) in [6, 6.07) is 12.5. The summed E-state index contributed by atoms with van der Waals surface area (Å²) in [7, 11) is 0. The highest BCUT2D eigenvalue weighted by Gasteiger charge is 2.31. The molecule has 0 spiro atoms. The number of anilines is 4. The molecule has 2 aromatic carbocycles. The molecule has 0 bridgehead atoms. The molecule has 1 unspecified atom stereocenters. The van der Waals surface area contributed by atoms with Crippen molar-refractivity contribution in [2.75, 3.05) is 10.6 Å². The lowest BCUT2D eigenvalue weighted by Crippen LogP contribution is -2.22.